The second-order valence-electron chi connectivity index (χ2n) is 7.47. The first-order valence-corrected chi connectivity index (χ1v) is 11.2. The molecule has 2 fully saturated rings. The number of piperidine rings is 1. The van der Waals surface area contributed by atoms with E-state index in [2.05, 4.69) is 55.0 Å². The SMILES string of the molecule is CSc1ncc(CN2CCCC(N3CCN(c4ccccc4)CC3)C2)cn1. The van der Waals surface area contributed by atoms with E-state index in [9.17, 15) is 0 Å². The molecule has 1 unspecified atom stereocenters. The summed E-state index contributed by atoms with van der Waals surface area (Å²) in [4.78, 5) is 16.6. The molecule has 3 heterocycles. The van der Waals surface area contributed by atoms with Crippen molar-refractivity contribution in [1.82, 2.24) is 19.8 Å². The zero-order chi connectivity index (χ0) is 18.5. The van der Waals surface area contributed by atoms with Crippen LogP contribution in [-0.2, 0) is 6.54 Å². The van der Waals surface area contributed by atoms with E-state index in [0.29, 0.717) is 6.04 Å². The van der Waals surface area contributed by atoms with Crippen LogP contribution in [0.5, 0.6) is 0 Å². The Morgan fingerprint density at radius 2 is 1.74 bits per heavy atom. The Hall–Kier alpha value is -1.63. The lowest BCUT2D eigenvalue weighted by atomic mass is 10.0. The number of hydrogen-bond acceptors (Lipinski definition) is 6. The summed E-state index contributed by atoms with van der Waals surface area (Å²) in [6.45, 7) is 7.91. The van der Waals surface area contributed by atoms with Gasteiger partial charge in [-0.25, -0.2) is 9.97 Å². The normalized spacial score (nSPS) is 22.1. The molecular formula is C21H29N5S. The van der Waals surface area contributed by atoms with Gasteiger partial charge in [0.2, 0.25) is 0 Å². The molecule has 2 saturated heterocycles. The lowest BCUT2D eigenvalue weighted by Gasteiger charge is -2.44. The van der Waals surface area contributed by atoms with Crippen LogP contribution in [0.15, 0.2) is 47.9 Å². The Kier molecular flexibility index (Phi) is 6.27. The van der Waals surface area contributed by atoms with Gasteiger partial charge in [-0.2, -0.15) is 0 Å². The first kappa shape index (κ1) is 18.7. The summed E-state index contributed by atoms with van der Waals surface area (Å²) >= 11 is 1.59. The molecule has 27 heavy (non-hydrogen) atoms. The lowest BCUT2D eigenvalue weighted by Crippen LogP contribution is -2.55. The van der Waals surface area contributed by atoms with Gasteiger partial charge in [0.15, 0.2) is 5.16 Å². The van der Waals surface area contributed by atoms with Crippen molar-refractivity contribution in [2.75, 3.05) is 50.4 Å². The maximum absolute atomic E-state index is 4.42. The third kappa shape index (κ3) is 4.81. The van der Waals surface area contributed by atoms with Crippen LogP contribution >= 0.6 is 11.8 Å². The van der Waals surface area contributed by atoms with E-state index in [1.807, 2.05) is 18.6 Å². The second-order valence-corrected chi connectivity index (χ2v) is 8.24. The van der Waals surface area contributed by atoms with E-state index in [1.165, 1.54) is 43.7 Å². The van der Waals surface area contributed by atoms with Gasteiger partial charge in [0.05, 0.1) is 0 Å². The summed E-state index contributed by atoms with van der Waals surface area (Å²) in [5, 5.41) is 0.853. The number of para-hydroxylation sites is 1. The smallest absolute Gasteiger partial charge is 0.187 e. The minimum atomic E-state index is 0.683. The molecule has 0 aliphatic carbocycles. The van der Waals surface area contributed by atoms with E-state index in [4.69, 9.17) is 0 Å². The number of thioether (sulfide) groups is 1. The topological polar surface area (TPSA) is 35.5 Å². The predicted octanol–water partition coefficient (Wildman–Crippen LogP) is 2.99. The van der Waals surface area contributed by atoms with E-state index < -0.39 is 0 Å². The van der Waals surface area contributed by atoms with Crippen LogP contribution in [0.25, 0.3) is 0 Å². The molecule has 0 bridgehead atoms. The highest BCUT2D eigenvalue weighted by atomic mass is 32.2. The minimum Gasteiger partial charge on any atom is -0.369 e. The number of benzene rings is 1. The van der Waals surface area contributed by atoms with Gasteiger partial charge in [0.1, 0.15) is 0 Å². The molecule has 1 aromatic heterocycles. The number of piperazine rings is 1. The summed E-state index contributed by atoms with van der Waals surface area (Å²) in [5.41, 5.74) is 2.58. The van der Waals surface area contributed by atoms with E-state index in [-0.39, 0.29) is 0 Å². The summed E-state index contributed by atoms with van der Waals surface area (Å²) < 4.78 is 0. The molecule has 1 atom stereocenters. The monoisotopic (exact) mass is 383 g/mol. The predicted molar refractivity (Wildman–Crippen MR) is 112 cm³/mol. The third-order valence-corrected chi connectivity index (χ3v) is 6.28. The quantitative estimate of drug-likeness (QED) is 0.583. The molecule has 0 amide bonds. The molecular weight excluding hydrogens is 354 g/mol. The van der Waals surface area contributed by atoms with Gasteiger partial charge in [-0.15, -0.1) is 0 Å². The van der Waals surface area contributed by atoms with Crippen LogP contribution in [-0.4, -0.2) is 71.3 Å². The highest BCUT2D eigenvalue weighted by molar-refractivity contribution is 7.98. The van der Waals surface area contributed by atoms with Gasteiger partial charge >= 0.3 is 0 Å². The molecule has 5 nitrogen and oxygen atoms in total. The van der Waals surface area contributed by atoms with Crippen LogP contribution in [0.2, 0.25) is 0 Å². The van der Waals surface area contributed by atoms with Gasteiger partial charge in [0.25, 0.3) is 0 Å². The third-order valence-electron chi connectivity index (χ3n) is 5.70. The molecule has 1 aromatic carbocycles. The van der Waals surface area contributed by atoms with Crippen LogP contribution in [0.1, 0.15) is 18.4 Å². The molecule has 144 valence electrons. The Bertz CT molecular complexity index is 700. The second kappa shape index (κ2) is 9.04. The van der Waals surface area contributed by atoms with Crippen molar-refractivity contribution in [3.8, 4) is 0 Å². The lowest BCUT2D eigenvalue weighted by molar-refractivity contribution is 0.0886. The summed E-state index contributed by atoms with van der Waals surface area (Å²) in [6.07, 6.45) is 8.60. The summed E-state index contributed by atoms with van der Waals surface area (Å²) in [6, 6.07) is 11.5. The van der Waals surface area contributed by atoms with Crippen molar-refractivity contribution >= 4 is 17.4 Å². The average molecular weight is 384 g/mol. The van der Waals surface area contributed by atoms with Gasteiger partial charge < -0.3 is 4.90 Å². The number of likely N-dealkylation sites (tertiary alicyclic amines) is 1. The molecule has 0 N–H and O–H groups in total. The van der Waals surface area contributed by atoms with E-state index in [0.717, 1.165) is 31.3 Å². The highest BCUT2D eigenvalue weighted by Crippen LogP contribution is 2.22. The zero-order valence-corrected chi connectivity index (χ0v) is 16.9. The van der Waals surface area contributed by atoms with Gasteiger partial charge in [-0.1, -0.05) is 30.0 Å². The largest absolute Gasteiger partial charge is 0.369 e. The molecule has 4 rings (SSSR count). The fourth-order valence-corrected chi connectivity index (χ4v) is 4.56. The molecule has 2 aromatic rings. The van der Waals surface area contributed by atoms with Gasteiger partial charge in [-0.3, -0.25) is 9.80 Å². The number of aromatic nitrogens is 2. The van der Waals surface area contributed by atoms with Crippen LogP contribution in [0.4, 0.5) is 5.69 Å². The maximum Gasteiger partial charge on any atom is 0.187 e. The highest BCUT2D eigenvalue weighted by Gasteiger charge is 2.28. The number of nitrogens with zero attached hydrogens (tertiary/aromatic N) is 5. The van der Waals surface area contributed by atoms with Crippen molar-refractivity contribution in [1.29, 1.82) is 0 Å². The van der Waals surface area contributed by atoms with Crippen molar-refractivity contribution in [2.45, 2.75) is 30.6 Å². The number of hydrogen-bond donors (Lipinski definition) is 0. The Balaban J connectivity index is 1.29. The summed E-state index contributed by atoms with van der Waals surface area (Å²) in [7, 11) is 0. The average Bonchev–Trinajstić information content (AvgIpc) is 2.75. The van der Waals surface area contributed by atoms with Crippen molar-refractivity contribution in [3.05, 3.63) is 48.3 Å². The van der Waals surface area contributed by atoms with Crippen LogP contribution in [0, 0.1) is 0 Å². The Morgan fingerprint density at radius 1 is 1.00 bits per heavy atom. The van der Waals surface area contributed by atoms with Gasteiger partial charge in [0, 0.05) is 69.0 Å². The Morgan fingerprint density at radius 3 is 2.44 bits per heavy atom. The minimum absolute atomic E-state index is 0.683. The van der Waals surface area contributed by atoms with Crippen LogP contribution < -0.4 is 4.90 Å². The molecule has 2 aliphatic heterocycles. The summed E-state index contributed by atoms with van der Waals surface area (Å²) in [5.74, 6) is 0. The fourth-order valence-electron chi connectivity index (χ4n) is 4.25. The van der Waals surface area contributed by atoms with Crippen LogP contribution in [0.3, 0.4) is 0 Å². The molecule has 2 aliphatic rings. The number of rotatable bonds is 5. The van der Waals surface area contributed by atoms with Crippen molar-refractivity contribution < 1.29 is 0 Å². The number of anilines is 1. The van der Waals surface area contributed by atoms with Gasteiger partial charge in [-0.05, 0) is 37.8 Å². The van der Waals surface area contributed by atoms with E-state index >= 15 is 0 Å². The standard InChI is InChI=1S/C21H29N5S/c1-27-21-22-14-18(15-23-21)16-24-9-5-8-20(17-24)26-12-10-25(11-13-26)19-6-3-2-4-7-19/h2-4,6-7,14-15,20H,5,8-13,16-17H2,1H3. The maximum atomic E-state index is 4.42. The first-order valence-electron chi connectivity index (χ1n) is 9.93. The molecule has 0 saturated carbocycles. The van der Waals surface area contributed by atoms with E-state index in [1.54, 1.807) is 11.8 Å². The fraction of sp³-hybridized carbons (Fsp3) is 0.524. The Labute approximate surface area is 166 Å². The first-order chi connectivity index (χ1) is 13.3. The molecule has 0 radical (unpaired) electrons. The van der Waals surface area contributed by atoms with Crippen molar-refractivity contribution in [3.63, 3.8) is 0 Å². The molecule has 0 spiro atoms. The van der Waals surface area contributed by atoms with Crippen molar-refractivity contribution in [2.24, 2.45) is 0 Å². The zero-order valence-electron chi connectivity index (χ0n) is 16.1. The molecule has 6 heteroatoms.